The lowest BCUT2D eigenvalue weighted by molar-refractivity contribution is -0.275. The average Bonchev–Trinajstić information content (AvgIpc) is 2.53. The van der Waals surface area contributed by atoms with Gasteiger partial charge in [-0.25, -0.2) is 0 Å². The number of hydrogen-bond donors (Lipinski definition) is 0. The van der Waals surface area contributed by atoms with Gasteiger partial charge in [-0.1, -0.05) is 23.2 Å². The van der Waals surface area contributed by atoms with Crippen LogP contribution >= 0.6 is 23.2 Å². The second kappa shape index (κ2) is 9.40. The van der Waals surface area contributed by atoms with E-state index in [1.165, 1.54) is 6.07 Å². The molecule has 0 heterocycles. The molecule has 0 bridgehead atoms. The van der Waals surface area contributed by atoms with Gasteiger partial charge >= 0.3 is 12.7 Å². The van der Waals surface area contributed by atoms with Crippen LogP contribution in [0, 0.1) is 22.7 Å². The summed E-state index contributed by atoms with van der Waals surface area (Å²) in [4.78, 5) is 0. The molecule has 0 fully saturated rings. The summed E-state index contributed by atoms with van der Waals surface area (Å²) in [5.41, 5.74) is -0.118. The molecule has 2 aromatic rings. The van der Waals surface area contributed by atoms with Gasteiger partial charge in [-0.2, -0.15) is 10.5 Å². The van der Waals surface area contributed by atoms with Gasteiger partial charge in [-0.3, -0.25) is 0 Å². The molecule has 0 aromatic heterocycles. The van der Waals surface area contributed by atoms with Gasteiger partial charge in [0.1, 0.15) is 23.6 Å². The van der Waals surface area contributed by atoms with Gasteiger partial charge in [-0.05, 0) is 24.3 Å². The fourth-order valence-corrected chi connectivity index (χ4v) is 1.96. The zero-order chi connectivity index (χ0) is 21.5. The van der Waals surface area contributed by atoms with Crippen molar-refractivity contribution in [3.63, 3.8) is 0 Å². The number of nitriles is 2. The quantitative estimate of drug-likeness (QED) is 0.517. The Kier molecular flexibility index (Phi) is 7.79. The fraction of sp³-hybridized carbons (Fsp3) is 0.125. The van der Waals surface area contributed by atoms with Gasteiger partial charge in [0.25, 0.3) is 0 Å². The Morgan fingerprint density at radius 2 is 1.29 bits per heavy atom. The van der Waals surface area contributed by atoms with Crippen molar-refractivity contribution in [3.8, 4) is 23.6 Å². The van der Waals surface area contributed by atoms with Crippen molar-refractivity contribution in [2.75, 3.05) is 0 Å². The third-order valence-corrected chi connectivity index (χ3v) is 3.13. The molecule has 0 unspecified atom stereocenters. The lowest BCUT2D eigenvalue weighted by Gasteiger charge is -2.09. The Morgan fingerprint density at radius 3 is 1.75 bits per heavy atom. The van der Waals surface area contributed by atoms with Crippen LogP contribution in [0.1, 0.15) is 11.1 Å². The third kappa shape index (κ3) is 8.25. The Balaban J connectivity index is 0.000000280. The van der Waals surface area contributed by atoms with Crippen molar-refractivity contribution >= 4 is 23.2 Å². The molecule has 0 N–H and O–H groups in total. The molecular formula is C16H6Cl2F6N2O2. The highest BCUT2D eigenvalue weighted by Crippen LogP contribution is 2.29. The number of hydrogen-bond acceptors (Lipinski definition) is 4. The lowest BCUT2D eigenvalue weighted by Crippen LogP contribution is -2.17. The molecule has 0 spiro atoms. The SMILES string of the molecule is N#Cc1ccc(Cl)cc1OC(F)(F)F.N#Cc1ccc(OC(F)(F)F)cc1Cl. The smallest absolute Gasteiger partial charge is 0.406 e. The van der Waals surface area contributed by atoms with Crippen molar-refractivity contribution in [1.29, 1.82) is 10.5 Å². The van der Waals surface area contributed by atoms with Gasteiger partial charge < -0.3 is 9.47 Å². The minimum absolute atomic E-state index is 0.0725. The number of ether oxygens (including phenoxy) is 2. The highest BCUT2D eigenvalue weighted by atomic mass is 35.5. The highest BCUT2D eigenvalue weighted by molar-refractivity contribution is 6.31. The van der Waals surface area contributed by atoms with Crippen LogP contribution in [-0.2, 0) is 0 Å². The van der Waals surface area contributed by atoms with Crippen LogP contribution in [0.2, 0.25) is 10.0 Å². The van der Waals surface area contributed by atoms with E-state index in [-0.39, 0.29) is 21.2 Å². The monoisotopic (exact) mass is 442 g/mol. The molecule has 0 atom stereocenters. The van der Waals surface area contributed by atoms with Gasteiger partial charge in [-0.15, -0.1) is 26.3 Å². The molecule has 2 rings (SSSR count). The summed E-state index contributed by atoms with van der Waals surface area (Å²) in [6.07, 6.45) is -9.58. The summed E-state index contributed by atoms with van der Waals surface area (Å²) in [6.45, 7) is 0. The molecule has 4 nitrogen and oxygen atoms in total. The largest absolute Gasteiger partial charge is 0.573 e. The van der Waals surface area contributed by atoms with Crippen molar-refractivity contribution in [2.45, 2.75) is 12.7 Å². The predicted octanol–water partition coefficient (Wildman–Crippen LogP) is 6.22. The fourth-order valence-electron chi connectivity index (χ4n) is 1.58. The van der Waals surface area contributed by atoms with E-state index in [1.54, 1.807) is 12.1 Å². The third-order valence-electron chi connectivity index (χ3n) is 2.58. The van der Waals surface area contributed by atoms with E-state index in [0.29, 0.717) is 0 Å². The van der Waals surface area contributed by atoms with E-state index >= 15 is 0 Å². The normalized spacial score (nSPS) is 10.8. The molecule has 0 aliphatic heterocycles. The van der Waals surface area contributed by atoms with Gasteiger partial charge in [0.15, 0.2) is 0 Å². The zero-order valence-corrected chi connectivity index (χ0v) is 14.7. The van der Waals surface area contributed by atoms with Crippen molar-refractivity contribution in [2.24, 2.45) is 0 Å². The van der Waals surface area contributed by atoms with Crippen LogP contribution in [-0.4, -0.2) is 12.7 Å². The number of nitrogens with zero attached hydrogens (tertiary/aromatic N) is 2. The van der Waals surface area contributed by atoms with Crippen molar-refractivity contribution in [3.05, 3.63) is 57.6 Å². The molecule has 0 aliphatic rings. The van der Waals surface area contributed by atoms with E-state index < -0.39 is 24.2 Å². The van der Waals surface area contributed by atoms with Gasteiger partial charge in [0.05, 0.1) is 16.1 Å². The summed E-state index contributed by atoms with van der Waals surface area (Å²) in [6, 6.07) is 9.80. The molecule has 2 aromatic carbocycles. The van der Waals surface area contributed by atoms with Crippen LogP contribution in [0.25, 0.3) is 0 Å². The minimum atomic E-state index is -4.82. The van der Waals surface area contributed by atoms with E-state index in [0.717, 1.165) is 30.3 Å². The highest BCUT2D eigenvalue weighted by Gasteiger charge is 2.32. The lowest BCUT2D eigenvalue weighted by atomic mass is 10.2. The van der Waals surface area contributed by atoms with Gasteiger partial charge in [0.2, 0.25) is 0 Å². The van der Waals surface area contributed by atoms with Crippen LogP contribution in [0.4, 0.5) is 26.3 Å². The maximum atomic E-state index is 11.8. The maximum Gasteiger partial charge on any atom is 0.573 e. The van der Waals surface area contributed by atoms with Crippen LogP contribution in [0.5, 0.6) is 11.5 Å². The molecule has 0 saturated carbocycles. The first kappa shape index (κ1) is 23.2. The predicted molar refractivity (Wildman–Crippen MR) is 85.7 cm³/mol. The zero-order valence-electron chi connectivity index (χ0n) is 13.2. The average molecular weight is 443 g/mol. The van der Waals surface area contributed by atoms with E-state index in [4.69, 9.17) is 33.7 Å². The van der Waals surface area contributed by atoms with E-state index in [9.17, 15) is 26.3 Å². The molecule has 0 saturated heterocycles. The van der Waals surface area contributed by atoms with Crippen molar-refractivity contribution < 1.29 is 35.8 Å². The molecule has 0 aliphatic carbocycles. The number of benzene rings is 2. The van der Waals surface area contributed by atoms with Crippen LogP contribution < -0.4 is 9.47 Å². The Hall–Kier alpha value is -2.82. The Morgan fingerprint density at radius 1 is 0.750 bits per heavy atom. The topological polar surface area (TPSA) is 66.0 Å². The summed E-state index contributed by atoms with van der Waals surface area (Å²) in [5, 5.41) is 16.9. The van der Waals surface area contributed by atoms with Gasteiger partial charge in [0, 0.05) is 17.2 Å². The summed E-state index contributed by atoms with van der Waals surface area (Å²) >= 11 is 10.9. The first-order chi connectivity index (χ1) is 12.8. The molecule has 148 valence electrons. The summed E-state index contributed by atoms with van der Waals surface area (Å²) < 4.78 is 77.8. The maximum absolute atomic E-state index is 11.8. The second-order valence-corrected chi connectivity index (χ2v) is 5.44. The first-order valence-electron chi connectivity index (χ1n) is 6.75. The van der Waals surface area contributed by atoms with Crippen molar-refractivity contribution in [1.82, 2.24) is 0 Å². The second-order valence-electron chi connectivity index (χ2n) is 4.60. The molecule has 0 radical (unpaired) electrons. The Bertz CT molecular complexity index is 917. The standard InChI is InChI=1S/2C8H3ClF3NO/c9-7-3-6(14-8(10,11)12)2-1-5(7)4-13;9-6-2-1-5(4-13)7(3-6)14-8(10,11)12/h2*1-3H. The Labute approximate surface area is 164 Å². The van der Waals surface area contributed by atoms with Crippen LogP contribution in [0.15, 0.2) is 36.4 Å². The number of rotatable bonds is 2. The first-order valence-corrected chi connectivity index (χ1v) is 7.51. The number of alkyl halides is 6. The van der Waals surface area contributed by atoms with Crippen LogP contribution in [0.3, 0.4) is 0 Å². The van der Waals surface area contributed by atoms with E-state index in [2.05, 4.69) is 9.47 Å². The molecular weight excluding hydrogens is 437 g/mol. The minimum Gasteiger partial charge on any atom is -0.406 e. The molecule has 28 heavy (non-hydrogen) atoms. The molecule has 0 amide bonds. The number of halogens is 8. The molecule has 12 heteroatoms. The summed E-state index contributed by atoms with van der Waals surface area (Å²) in [5.74, 6) is -1.03. The van der Waals surface area contributed by atoms with E-state index in [1.807, 2.05) is 0 Å². The summed E-state index contributed by atoms with van der Waals surface area (Å²) in [7, 11) is 0.